The largest absolute Gasteiger partial charge is 0.507 e. The van der Waals surface area contributed by atoms with Gasteiger partial charge in [0.05, 0.1) is 20.2 Å². The van der Waals surface area contributed by atoms with Crippen molar-refractivity contribution >= 4 is 10.8 Å². The van der Waals surface area contributed by atoms with Crippen LogP contribution in [-0.4, -0.2) is 47.0 Å². The summed E-state index contributed by atoms with van der Waals surface area (Å²) in [6.07, 6.45) is 16.9. The molecule has 1 aromatic heterocycles. The van der Waals surface area contributed by atoms with E-state index in [1.165, 1.54) is 41.7 Å². The molecule has 7 atom stereocenters. The summed E-state index contributed by atoms with van der Waals surface area (Å²) < 4.78 is 11.8. The molecule has 5 aliphatic rings. The number of hydrogen-bond donors (Lipinski definition) is 3. The lowest BCUT2D eigenvalue weighted by molar-refractivity contribution is -0.949. The fraction of sp³-hybridized carbons (Fsp3) is 0.548. The molecule has 5 heterocycles. The number of nitrogens with one attached hydrogen (secondary N) is 1. The molecule has 1 aliphatic carbocycles. The second-order valence-electron chi connectivity index (χ2n) is 15.4. The van der Waals surface area contributed by atoms with Crippen molar-refractivity contribution in [1.29, 1.82) is 0 Å². The van der Waals surface area contributed by atoms with Gasteiger partial charge in [0.15, 0.2) is 0 Å². The number of methoxy groups -OCH3 is 1. The summed E-state index contributed by atoms with van der Waals surface area (Å²) >= 11 is 0. The van der Waals surface area contributed by atoms with Crippen molar-refractivity contribution in [2.75, 3.05) is 20.2 Å². The Bertz CT molecular complexity index is 1660. The topological polar surface area (TPSA) is 76.3 Å². The van der Waals surface area contributed by atoms with E-state index >= 15 is 0 Å². The first kappa shape index (κ1) is 34.5. The molecular formula is C42H57N2O4+. The monoisotopic (exact) mass is 653 g/mol. The molecule has 0 amide bonds. The lowest BCUT2D eigenvalue weighted by Crippen LogP contribution is -3.20. The van der Waals surface area contributed by atoms with E-state index in [0.29, 0.717) is 23.5 Å². The third-order valence-electron chi connectivity index (χ3n) is 12.1. The zero-order valence-electron chi connectivity index (χ0n) is 30.0. The molecule has 3 fully saturated rings. The van der Waals surface area contributed by atoms with Gasteiger partial charge >= 0.3 is 0 Å². The average Bonchev–Trinajstić information content (AvgIpc) is 3.09. The van der Waals surface area contributed by atoms with Gasteiger partial charge in [0.25, 0.3) is 0 Å². The molecular weight excluding hydrogens is 596 g/mol. The summed E-state index contributed by atoms with van der Waals surface area (Å²) in [6, 6.07) is 8.40. The number of pyridine rings is 1. The molecule has 0 radical (unpaired) electrons. The quantitative estimate of drug-likeness (QED) is 0.171. The van der Waals surface area contributed by atoms with Crippen molar-refractivity contribution in [3.05, 3.63) is 83.2 Å². The van der Waals surface area contributed by atoms with Crippen LogP contribution in [0, 0.1) is 24.7 Å². The summed E-state index contributed by atoms with van der Waals surface area (Å²) in [5.41, 5.74) is 5.48. The number of fused-ring (bicyclic) bond motifs is 7. The lowest BCUT2D eigenvalue weighted by Gasteiger charge is -2.47. The van der Waals surface area contributed by atoms with Gasteiger partial charge in [-0.05, 0) is 100 Å². The number of allylic oxidation sites excluding steroid dienone is 2. The van der Waals surface area contributed by atoms with Crippen molar-refractivity contribution in [3.63, 3.8) is 0 Å². The first-order chi connectivity index (χ1) is 23.1. The SMILES string of the molecule is C=C[C@H]1C[NH+]2CC[C@H]1CC2[C@H](O)c1cncc2ccc(OC)cc12.CCCCCc1cc2c(c(O)c1C)[C@@H]1C=C(C)CC[C@H]1C(C)(C)O2. The lowest BCUT2D eigenvalue weighted by atomic mass is 9.67. The molecule has 258 valence electrons. The Morgan fingerprint density at radius 2 is 1.98 bits per heavy atom. The number of ether oxygens (including phenoxy) is 2. The summed E-state index contributed by atoms with van der Waals surface area (Å²) in [5, 5.41) is 24.2. The van der Waals surface area contributed by atoms with E-state index in [4.69, 9.17) is 9.47 Å². The van der Waals surface area contributed by atoms with Gasteiger partial charge in [0, 0.05) is 59.5 Å². The summed E-state index contributed by atoms with van der Waals surface area (Å²) in [6.45, 7) is 17.1. The maximum absolute atomic E-state index is 11.2. The third-order valence-corrected chi connectivity index (χ3v) is 12.1. The number of nitrogens with zero attached hydrogens (tertiary/aromatic N) is 1. The van der Waals surface area contributed by atoms with Crippen LogP contribution < -0.4 is 14.4 Å². The highest BCUT2D eigenvalue weighted by Gasteiger charge is 2.47. The molecule has 48 heavy (non-hydrogen) atoms. The number of piperidine rings is 3. The standard InChI is InChI=1S/C22H32O2.C20H24N2O2/c1-6-7-8-9-16-13-19-20(21(23)15(16)3)17-12-14(2)10-11-18(17)22(4,5)24-19;1-3-13-12-22-7-6-14(13)8-19(22)20(23)18-11-21-10-15-4-5-16(24-2)9-17(15)18/h12-13,17-18,23H,6-11H2,1-5H3;3-5,9-11,13-14,19-20,23H,1,6-8,12H2,2H3/p+1/t17-,18-;13-,14-,19?,20+/m10/s1. The van der Waals surface area contributed by atoms with Crippen LogP contribution in [0.1, 0.15) is 107 Å². The van der Waals surface area contributed by atoms with Crippen LogP contribution in [0.25, 0.3) is 10.8 Å². The Kier molecular flexibility index (Phi) is 10.2. The van der Waals surface area contributed by atoms with Crippen molar-refractivity contribution < 1.29 is 24.6 Å². The van der Waals surface area contributed by atoms with Gasteiger partial charge in [-0.3, -0.25) is 4.98 Å². The highest BCUT2D eigenvalue weighted by Crippen LogP contribution is 2.54. The highest BCUT2D eigenvalue weighted by atomic mass is 16.5. The van der Waals surface area contributed by atoms with Gasteiger partial charge in [-0.1, -0.05) is 37.5 Å². The second kappa shape index (κ2) is 14.2. The van der Waals surface area contributed by atoms with E-state index in [0.717, 1.165) is 77.7 Å². The molecule has 2 unspecified atom stereocenters. The van der Waals surface area contributed by atoms with Crippen molar-refractivity contribution in [2.24, 2.45) is 17.8 Å². The predicted molar refractivity (Wildman–Crippen MR) is 194 cm³/mol. The van der Waals surface area contributed by atoms with Crippen LogP contribution in [0.15, 0.2) is 61.0 Å². The van der Waals surface area contributed by atoms with Crippen LogP contribution >= 0.6 is 0 Å². The number of aromatic nitrogens is 1. The van der Waals surface area contributed by atoms with Gasteiger partial charge in [-0.15, -0.1) is 6.58 Å². The fourth-order valence-electron chi connectivity index (χ4n) is 9.19. The molecule has 0 spiro atoms. The Balaban J connectivity index is 0.000000167. The Morgan fingerprint density at radius 3 is 2.69 bits per heavy atom. The number of phenolic OH excluding ortho intramolecular Hbond substituents is 1. The number of aliphatic hydroxyl groups excluding tert-OH is 1. The number of aromatic hydroxyl groups is 1. The molecule has 0 saturated carbocycles. The second-order valence-corrected chi connectivity index (χ2v) is 15.4. The molecule has 3 N–H and O–H groups in total. The van der Waals surface area contributed by atoms with Crippen molar-refractivity contribution in [1.82, 2.24) is 4.98 Å². The Labute approximate surface area is 287 Å². The highest BCUT2D eigenvalue weighted by molar-refractivity contribution is 5.86. The number of aliphatic hydroxyl groups is 1. The zero-order valence-corrected chi connectivity index (χ0v) is 30.0. The van der Waals surface area contributed by atoms with E-state index < -0.39 is 6.10 Å². The number of benzene rings is 2. The van der Waals surface area contributed by atoms with Gasteiger partial charge in [0.2, 0.25) is 0 Å². The van der Waals surface area contributed by atoms with Crippen LogP contribution in [-0.2, 0) is 6.42 Å². The van der Waals surface area contributed by atoms with E-state index in [1.807, 2.05) is 30.6 Å². The summed E-state index contributed by atoms with van der Waals surface area (Å²) in [4.78, 5) is 5.86. The van der Waals surface area contributed by atoms with Gasteiger partial charge in [-0.25, -0.2) is 0 Å². The molecule has 8 rings (SSSR count). The molecule has 2 bridgehead atoms. The Morgan fingerprint density at radius 1 is 1.17 bits per heavy atom. The normalized spacial score (nSPS) is 27.4. The minimum atomic E-state index is -0.489. The summed E-state index contributed by atoms with van der Waals surface area (Å²) in [5.74, 6) is 4.16. The molecule has 2 aromatic carbocycles. The summed E-state index contributed by atoms with van der Waals surface area (Å²) in [7, 11) is 1.67. The first-order valence-corrected chi connectivity index (χ1v) is 18.3. The molecule has 4 aliphatic heterocycles. The number of quaternary nitrogens is 1. The molecule has 6 nitrogen and oxygen atoms in total. The molecule has 6 heteroatoms. The number of hydrogen-bond acceptors (Lipinski definition) is 5. The number of aryl methyl sites for hydroxylation is 1. The third kappa shape index (κ3) is 6.63. The van der Waals surface area contributed by atoms with Crippen LogP contribution in [0.3, 0.4) is 0 Å². The fourth-order valence-corrected chi connectivity index (χ4v) is 9.19. The van der Waals surface area contributed by atoms with Gasteiger partial charge in [0.1, 0.15) is 35.0 Å². The van der Waals surface area contributed by atoms with Crippen molar-refractivity contribution in [3.8, 4) is 17.2 Å². The molecule has 3 saturated heterocycles. The molecule has 3 aromatic rings. The number of unbranched alkanes of at least 4 members (excludes halogenated alkanes) is 2. The van der Waals surface area contributed by atoms with Gasteiger partial charge < -0.3 is 24.6 Å². The van der Waals surface area contributed by atoms with Crippen LogP contribution in [0.4, 0.5) is 0 Å². The van der Waals surface area contributed by atoms with E-state index in [9.17, 15) is 10.2 Å². The van der Waals surface area contributed by atoms with E-state index in [1.54, 1.807) is 7.11 Å². The maximum Gasteiger partial charge on any atom is 0.133 e. The number of rotatable bonds is 8. The van der Waals surface area contributed by atoms with Gasteiger partial charge in [-0.2, -0.15) is 0 Å². The van der Waals surface area contributed by atoms with E-state index in [-0.39, 0.29) is 17.6 Å². The maximum atomic E-state index is 11.2. The first-order valence-electron chi connectivity index (χ1n) is 18.3. The minimum absolute atomic E-state index is 0.183. The smallest absolute Gasteiger partial charge is 0.133 e. The Hall–Kier alpha value is -3.35. The predicted octanol–water partition coefficient (Wildman–Crippen LogP) is 7.80. The van der Waals surface area contributed by atoms with Crippen LogP contribution in [0.5, 0.6) is 17.2 Å². The zero-order chi connectivity index (χ0) is 34.2. The van der Waals surface area contributed by atoms with E-state index in [2.05, 4.69) is 64.4 Å². The van der Waals surface area contributed by atoms with Crippen molar-refractivity contribution in [2.45, 2.75) is 110 Å². The number of phenols is 1. The average molecular weight is 654 g/mol. The minimum Gasteiger partial charge on any atom is -0.507 e. The van der Waals surface area contributed by atoms with Crippen LogP contribution in [0.2, 0.25) is 0 Å².